The number of nitrogens with zero attached hydrogens (tertiary/aromatic N) is 4. The number of aryl methyl sites for hydroxylation is 1. The minimum Gasteiger partial charge on any atom is -0.308 e. The molecular weight excluding hydrogens is 406 g/mol. The zero-order valence-corrected chi connectivity index (χ0v) is 18.1. The molecule has 0 spiro atoms. The molecule has 0 saturated carbocycles. The number of carbonyl (C=O) groups excluding carboxylic acids is 1. The fourth-order valence-corrected chi connectivity index (χ4v) is 4.38. The highest BCUT2D eigenvalue weighted by Gasteiger charge is 2.23. The Morgan fingerprint density at radius 3 is 2.68 bits per heavy atom. The summed E-state index contributed by atoms with van der Waals surface area (Å²) < 4.78 is 1.58. The van der Waals surface area contributed by atoms with Crippen LogP contribution in [0.15, 0.2) is 71.9 Å². The zero-order valence-electron chi connectivity index (χ0n) is 17.2. The van der Waals surface area contributed by atoms with Crippen LogP contribution in [0, 0.1) is 18.3 Å². The molecule has 0 saturated heterocycles. The summed E-state index contributed by atoms with van der Waals surface area (Å²) in [5.41, 5.74) is 3.12. The molecule has 6 nitrogen and oxygen atoms in total. The maximum atomic E-state index is 13.1. The number of carbonyl (C=O) groups is 1. The van der Waals surface area contributed by atoms with Gasteiger partial charge in [0.05, 0.1) is 27.7 Å². The fourth-order valence-electron chi connectivity index (χ4n) is 3.36. The summed E-state index contributed by atoms with van der Waals surface area (Å²) in [7, 11) is 0. The number of amides is 1. The maximum absolute atomic E-state index is 13.1. The first-order chi connectivity index (χ1) is 15.1. The van der Waals surface area contributed by atoms with E-state index in [0.717, 1.165) is 27.2 Å². The van der Waals surface area contributed by atoms with Crippen molar-refractivity contribution in [2.75, 3.05) is 5.32 Å². The number of hydrogen-bond acceptors (Lipinski definition) is 5. The molecule has 1 atom stereocenters. The third kappa shape index (κ3) is 4.30. The summed E-state index contributed by atoms with van der Waals surface area (Å²) in [6.07, 6.45) is 2.08. The van der Waals surface area contributed by atoms with Gasteiger partial charge in [-0.1, -0.05) is 55.1 Å². The van der Waals surface area contributed by atoms with Gasteiger partial charge in [0, 0.05) is 5.39 Å². The zero-order chi connectivity index (χ0) is 21.8. The molecule has 0 aliphatic rings. The summed E-state index contributed by atoms with van der Waals surface area (Å²) in [6, 6.07) is 21.5. The minimum atomic E-state index is -0.362. The molecule has 0 aliphatic carbocycles. The first-order valence-electron chi connectivity index (χ1n) is 9.98. The van der Waals surface area contributed by atoms with Crippen LogP contribution in [-0.4, -0.2) is 25.9 Å². The van der Waals surface area contributed by atoms with Crippen LogP contribution in [-0.2, 0) is 4.79 Å². The number of hydrogen-bond donors (Lipinski definition) is 1. The first-order valence-corrected chi connectivity index (χ1v) is 10.9. The fraction of sp³-hybridized carbons (Fsp3) is 0.167. The van der Waals surface area contributed by atoms with Crippen molar-refractivity contribution >= 4 is 34.4 Å². The monoisotopic (exact) mass is 427 g/mol. The summed E-state index contributed by atoms with van der Waals surface area (Å²) in [5, 5.41) is 18.2. The van der Waals surface area contributed by atoms with Gasteiger partial charge in [-0.05, 0) is 43.2 Å². The molecule has 2 aromatic carbocycles. The Morgan fingerprint density at radius 2 is 1.94 bits per heavy atom. The summed E-state index contributed by atoms with van der Waals surface area (Å²) in [5.74, 6) is 0.190. The van der Waals surface area contributed by atoms with E-state index in [1.807, 2.05) is 74.5 Å². The normalized spacial score (nSPS) is 11.8. The van der Waals surface area contributed by atoms with E-state index in [9.17, 15) is 10.1 Å². The van der Waals surface area contributed by atoms with Crippen molar-refractivity contribution in [3.05, 3.63) is 78.0 Å². The van der Waals surface area contributed by atoms with Gasteiger partial charge >= 0.3 is 0 Å². The van der Waals surface area contributed by atoms with E-state index >= 15 is 0 Å². The number of aromatic nitrogens is 3. The standard InChI is InChI=1S/C24H21N5OS/c1-3-21(31-22-13-16(2)19-11-7-8-12-20(19)27-22)24(30)28-23-17(14-25)15-26-29(23)18-9-5-4-6-10-18/h4-13,15,21H,3H2,1-2H3,(H,28,30). The number of benzene rings is 2. The molecule has 1 amide bonds. The summed E-state index contributed by atoms with van der Waals surface area (Å²) in [6.45, 7) is 4.01. The number of nitriles is 1. The van der Waals surface area contributed by atoms with Crippen molar-refractivity contribution < 1.29 is 4.79 Å². The lowest BCUT2D eigenvalue weighted by molar-refractivity contribution is -0.115. The van der Waals surface area contributed by atoms with Crippen molar-refractivity contribution in [1.82, 2.24) is 14.8 Å². The van der Waals surface area contributed by atoms with Gasteiger partial charge in [-0.3, -0.25) is 4.79 Å². The molecule has 0 radical (unpaired) electrons. The Kier molecular flexibility index (Phi) is 6.01. The molecule has 2 heterocycles. The van der Waals surface area contributed by atoms with Crippen molar-refractivity contribution in [2.45, 2.75) is 30.5 Å². The quantitative estimate of drug-likeness (QED) is 0.432. The lowest BCUT2D eigenvalue weighted by Gasteiger charge is -2.16. The SMILES string of the molecule is CCC(Sc1cc(C)c2ccccc2n1)C(=O)Nc1c(C#N)cnn1-c1ccccc1. The number of fused-ring (bicyclic) bond motifs is 1. The molecule has 31 heavy (non-hydrogen) atoms. The van der Waals surface area contributed by atoms with Gasteiger partial charge in [-0.25, -0.2) is 9.67 Å². The largest absolute Gasteiger partial charge is 0.308 e. The summed E-state index contributed by atoms with van der Waals surface area (Å²) >= 11 is 1.43. The van der Waals surface area contributed by atoms with Gasteiger partial charge in [0.2, 0.25) is 5.91 Å². The number of anilines is 1. The molecule has 1 unspecified atom stereocenters. The van der Waals surface area contributed by atoms with E-state index in [1.54, 1.807) is 4.68 Å². The highest BCUT2D eigenvalue weighted by Crippen LogP contribution is 2.29. The van der Waals surface area contributed by atoms with E-state index in [2.05, 4.69) is 16.5 Å². The van der Waals surface area contributed by atoms with Gasteiger partial charge in [-0.2, -0.15) is 10.4 Å². The van der Waals surface area contributed by atoms with Crippen LogP contribution in [0.4, 0.5) is 5.82 Å². The Labute approximate surface area is 184 Å². The van der Waals surface area contributed by atoms with Crippen LogP contribution in [0.25, 0.3) is 16.6 Å². The first kappa shape index (κ1) is 20.6. The molecule has 154 valence electrons. The Hall–Kier alpha value is -3.63. The van der Waals surface area contributed by atoms with Crippen molar-refractivity contribution in [3.8, 4) is 11.8 Å². The molecule has 0 fully saturated rings. The average molecular weight is 428 g/mol. The summed E-state index contributed by atoms with van der Waals surface area (Å²) in [4.78, 5) is 17.9. The van der Waals surface area contributed by atoms with Crippen molar-refractivity contribution in [2.24, 2.45) is 0 Å². The van der Waals surface area contributed by atoms with Crippen molar-refractivity contribution in [3.63, 3.8) is 0 Å². The number of para-hydroxylation sites is 2. The predicted molar refractivity (Wildman–Crippen MR) is 123 cm³/mol. The van der Waals surface area contributed by atoms with Gasteiger partial charge in [0.1, 0.15) is 11.6 Å². The predicted octanol–water partition coefficient (Wildman–Crippen LogP) is 5.11. The van der Waals surface area contributed by atoms with Crippen LogP contribution in [0.1, 0.15) is 24.5 Å². The van der Waals surface area contributed by atoms with E-state index in [1.165, 1.54) is 18.0 Å². The molecule has 4 rings (SSSR count). The smallest absolute Gasteiger partial charge is 0.239 e. The van der Waals surface area contributed by atoms with E-state index in [0.29, 0.717) is 17.8 Å². The van der Waals surface area contributed by atoms with E-state index in [4.69, 9.17) is 4.98 Å². The lowest BCUT2D eigenvalue weighted by Crippen LogP contribution is -2.26. The molecule has 1 N–H and O–H groups in total. The second-order valence-corrected chi connectivity index (χ2v) is 8.29. The van der Waals surface area contributed by atoms with Crippen LogP contribution in [0.5, 0.6) is 0 Å². The third-order valence-electron chi connectivity index (χ3n) is 4.96. The molecule has 0 bridgehead atoms. The number of thioether (sulfide) groups is 1. The van der Waals surface area contributed by atoms with E-state index in [-0.39, 0.29) is 11.2 Å². The third-order valence-corrected chi connectivity index (χ3v) is 6.24. The van der Waals surface area contributed by atoms with Gasteiger partial charge in [0.25, 0.3) is 0 Å². The maximum Gasteiger partial charge on any atom is 0.239 e. The van der Waals surface area contributed by atoms with Crippen LogP contribution in [0.3, 0.4) is 0 Å². The highest BCUT2D eigenvalue weighted by atomic mass is 32.2. The molecular formula is C24H21N5OS. The van der Waals surface area contributed by atoms with Gasteiger partial charge in [0.15, 0.2) is 5.82 Å². The average Bonchev–Trinajstić information content (AvgIpc) is 3.20. The Balaban J connectivity index is 1.60. The highest BCUT2D eigenvalue weighted by molar-refractivity contribution is 8.00. The molecule has 4 aromatic rings. The number of pyridine rings is 1. The number of nitrogens with one attached hydrogen (secondary N) is 1. The molecule has 0 aliphatic heterocycles. The molecule has 7 heteroatoms. The second-order valence-electron chi connectivity index (χ2n) is 7.06. The minimum absolute atomic E-state index is 0.186. The van der Waals surface area contributed by atoms with E-state index < -0.39 is 0 Å². The van der Waals surface area contributed by atoms with Gasteiger partial charge in [-0.15, -0.1) is 0 Å². The lowest BCUT2D eigenvalue weighted by atomic mass is 10.1. The molecule has 2 aromatic heterocycles. The van der Waals surface area contributed by atoms with Gasteiger partial charge < -0.3 is 5.32 Å². The second kappa shape index (κ2) is 9.02. The van der Waals surface area contributed by atoms with Crippen LogP contribution in [0.2, 0.25) is 0 Å². The topological polar surface area (TPSA) is 83.6 Å². The van der Waals surface area contributed by atoms with Crippen molar-refractivity contribution in [1.29, 1.82) is 5.26 Å². The Morgan fingerprint density at radius 1 is 1.19 bits per heavy atom. The van der Waals surface area contributed by atoms with Crippen LogP contribution < -0.4 is 5.32 Å². The number of rotatable bonds is 6. The Bertz CT molecular complexity index is 1280. The van der Waals surface area contributed by atoms with Crippen LogP contribution >= 0.6 is 11.8 Å².